The molecule has 4 heteroatoms. The van der Waals surface area contributed by atoms with Crippen molar-refractivity contribution >= 4 is 6.21 Å². The van der Waals surface area contributed by atoms with Crippen LogP contribution in [-0.4, -0.2) is 16.2 Å². The van der Waals surface area contributed by atoms with Gasteiger partial charge in [-0.1, -0.05) is 5.16 Å². The van der Waals surface area contributed by atoms with Gasteiger partial charge in [0.2, 0.25) is 0 Å². The van der Waals surface area contributed by atoms with Crippen LogP contribution in [-0.2, 0) is 4.84 Å². The van der Waals surface area contributed by atoms with Crippen molar-refractivity contribution in [2.24, 2.45) is 5.16 Å². The van der Waals surface area contributed by atoms with E-state index in [9.17, 15) is 0 Å². The van der Waals surface area contributed by atoms with E-state index in [1.807, 2.05) is 0 Å². The first kappa shape index (κ1) is 5.46. The Kier molecular flexibility index (Phi) is 1.16. The lowest BCUT2D eigenvalue weighted by Gasteiger charge is -2.01. The Labute approximate surface area is 57.9 Å². The Balaban J connectivity index is 2.14. The quantitative estimate of drug-likeness (QED) is 0.624. The second kappa shape index (κ2) is 2.13. The molecule has 0 aromatic carbocycles. The highest BCUT2D eigenvalue weighted by Crippen LogP contribution is 2.19. The maximum absolute atomic E-state index is 4.97. The fraction of sp³-hybridized carbons (Fsp3) is 0.333. The van der Waals surface area contributed by atoms with E-state index >= 15 is 0 Å². The molecule has 0 radical (unpaired) electrons. The summed E-state index contributed by atoms with van der Waals surface area (Å²) in [5.41, 5.74) is 0. The number of aromatic amines is 1. The normalized spacial score (nSPS) is 23.0. The van der Waals surface area contributed by atoms with Gasteiger partial charge in [0.25, 0.3) is 0 Å². The van der Waals surface area contributed by atoms with Gasteiger partial charge in [0, 0.05) is 25.0 Å². The standard InChI is InChI=1S/C6H7N3O/c1-2-9-10-5(1)6-7-3-4-8-6/h2-5H,1H2,(H,7,8). The van der Waals surface area contributed by atoms with E-state index in [-0.39, 0.29) is 6.10 Å². The number of aromatic nitrogens is 2. The van der Waals surface area contributed by atoms with Crippen LogP contribution in [0.4, 0.5) is 0 Å². The third-order valence-electron chi connectivity index (χ3n) is 1.41. The maximum atomic E-state index is 4.97. The average Bonchev–Trinajstić information content (AvgIpc) is 2.59. The number of oxime groups is 1. The number of imidazole rings is 1. The van der Waals surface area contributed by atoms with Crippen molar-refractivity contribution in [2.75, 3.05) is 0 Å². The molecule has 0 amide bonds. The summed E-state index contributed by atoms with van der Waals surface area (Å²) >= 11 is 0. The van der Waals surface area contributed by atoms with Gasteiger partial charge in [-0.2, -0.15) is 0 Å². The molecule has 10 heavy (non-hydrogen) atoms. The van der Waals surface area contributed by atoms with Crippen molar-refractivity contribution < 1.29 is 4.84 Å². The van der Waals surface area contributed by atoms with Crippen LogP contribution >= 0.6 is 0 Å². The molecule has 0 saturated carbocycles. The fourth-order valence-electron chi connectivity index (χ4n) is 0.913. The molecule has 4 nitrogen and oxygen atoms in total. The molecular weight excluding hydrogens is 130 g/mol. The Morgan fingerprint density at radius 3 is 3.30 bits per heavy atom. The van der Waals surface area contributed by atoms with Crippen LogP contribution in [0.15, 0.2) is 17.5 Å². The lowest BCUT2D eigenvalue weighted by molar-refractivity contribution is 0.0798. The maximum Gasteiger partial charge on any atom is 0.189 e. The zero-order valence-electron chi connectivity index (χ0n) is 5.32. The van der Waals surface area contributed by atoms with Gasteiger partial charge >= 0.3 is 0 Å². The third-order valence-corrected chi connectivity index (χ3v) is 1.41. The van der Waals surface area contributed by atoms with Crippen molar-refractivity contribution in [1.82, 2.24) is 9.97 Å². The van der Waals surface area contributed by atoms with E-state index in [0.29, 0.717) is 0 Å². The van der Waals surface area contributed by atoms with E-state index in [0.717, 1.165) is 12.2 Å². The van der Waals surface area contributed by atoms with E-state index < -0.39 is 0 Å². The van der Waals surface area contributed by atoms with Crippen LogP contribution in [0.2, 0.25) is 0 Å². The molecule has 0 saturated heterocycles. The largest absolute Gasteiger partial charge is 0.384 e. The summed E-state index contributed by atoms with van der Waals surface area (Å²) in [4.78, 5) is 12.0. The minimum absolute atomic E-state index is 0.00926. The van der Waals surface area contributed by atoms with Crippen LogP contribution in [0, 0.1) is 0 Å². The number of hydrogen-bond donors (Lipinski definition) is 1. The molecule has 1 N–H and O–H groups in total. The monoisotopic (exact) mass is 137 g/mol. The summed E-state index contributed by atoms with van der Waals surface area (Å²) in [5.74, 6) is 0.845. The van der Waals surface area contributed by atoms with Crippen LogP contribution in [0.25, 0.3) is 0 Å². The molecule has 0 fully saturated rings. The van der Waals surface area contributed by atoms with Crippen molar-refractivity contribution in [2.45, 2.75) is 12.5 Å². The highest BCUT2D eigenvalue weighted by molar-refractivity contribution is 5.58. The van der Waals surface area contributed by atoms with E-state index in [2.05, 4.69) is 15.1 Å². The van der Waals surface area contributed by atoms with E-state index in [1.54, 1.807) is 18.6 Å². The van der Waals surface area contributed by atoms with Crippen molar-refractivity contribution in [3.63, 3.8) is 0 Å². The van der Waals surface area contributed by atoms with Crippen LogP contribution in [0.5, 0.6) is 0 Å². The predicted octanol–water partition coefficient (Wildman–Crippen LogP) is 0.857. The van der Waals surface area contributed by atoms with Crippen LogP contribution in [0.1, 0.15) is 18.3 Å². The molecule has 1 unspecified atom stereocenters. The molecule has 1 aromatic heterocycles. The summed E-state index contributed by atoms with van der Waals surface area (Å²) in [7, 11) is 0. The number of hydrogen-bond acceptors (Lipinski definition) is 3. The van der Waals surface area contributed by atoms with Gasteiger partial charge in [-0.15, -0.1) is 0 Å². The summed E-state index contributed by atoms with van der Waals surface area (Å²) in [6.07, 6.45) is 6.05. The van der Waals surface area contributed by atoms with Crippen LogP contribution < -0.4 is 0 Å². The molecule has 0 spiro atoms. The lowest BCUT2D eigenvalue weighted by Crippen LogP contribution is -1.97. The van der Waals surface area contributed by atoms with Gasteiger partial charge in [0.05, 0.1) is 0 Å². The molecule has 2 heterocycles. The van der Waals surface area contributed by atoms with Crippen LogP contribution in [0.3, 0.4) is 0 Å². The lowest BCUT2D eigenvalue weighted by atomic mass is 10.3. The summed E-state index contributed by atoms with van der Waals surface area (Å²) in [6.45, 7) is 0. The second-order valence-electron chi connectivity index (χ2n) is 2.09. The Morgan fingerprint density at radius 2 is 2.70 bits per heavy atom. The smallest absolute Gasteiger partial charge is 0.189 e. The zero-order chi connectivity index (χ0) is 6.81. The molecule has 1 aromatic rings. The summed E-state index contributed by atoms with van der Waals surface area (Å²) < 4.78 is 0. The van der Waals surface area contributed by atoms with Gasteiger partial charge < -0.3 is 9.82 Å². The van der Waals surface area contributed by atoms with Crippen molar-refractivity contribution in [1.29, 1.82) is 0 Å². The van der Waals surface area contributed by atoms with Gasteiger partial charge in [-0.05, 0) is 0 Å². The Morgan fingerprint density at radius 1 is 1.70 bits per heavy atom. The number of nitrogens with zero attached hydrogens (tertiary/aromatic N) is 2. The molecule has 0 bridgehead atoms. The van der Waals surface area contributed by atoms with Gasteiger partial charge in [-0.25, -0.2) is 4.98 Å². The Bertz CT molecular complexity index is 221. The Hall–Kier alpha value is -1.32. The minimum atomic E-state index is 0.00926. The highest BCUT2D eigenvalue weighted by Gasteiger charge is 2.17. The topological polar surface area (TPSA) is 50.3 Å². The molecule has 1 atom stereocenters. The van der Waals surface area contributed by atoms with Gasteiger partial charge in [0.1, 0.15) is 0 Å². The average molecular weight is 137 g/mol. The van der Waals surface area contributed by atoms with Crippen molar-refractivity contribution in [3.8, 4) is 0 Å². The summed E-state index contributed by atoms with van der Waals surface area (Å²) in [5, 5.41) is 3.64. The van der Waals surface area contributed by atoms with Crippen molar-refractivity contribution in [3.05, 3.63) is 18.2 Å². The SMILES string of the molecule is C1=NOC(c2ncc[nH]2)C1. The number of rotatable bonds is 1. The minimum Gasteiger partial charge on any atom is -0.384 e. The molecular formula is C6H7N3O. The number of nitrogens with one attached hydrogen (secondary N) is 1. The number of H-pyrrole nitrogens is 1. The molecule has 2 rings (SSSR count). The molecule has 1 aliphatic rings. The zero-order valence-corrected chi connectivity index (χ0v) is 5.32. The van der Waals surface area contributed by atoms with E-state index in [1.165, 1.54) is 0 Å². The third kappa shape index (κ3) is 0.775. The first-order chi connectivity index (χ1) is 4.97. The molecule has 1 aliphatic heterocycles. The predicted molar refractivity (Wildman–Crippen MR) is 35.5 cm³/mol. The molecule has 52 valence electrons. The first-order valence-electron chi connectivity index (χ1n) is 3.14. The van der Waals surface area contributed by atoms with Gasteiger partial charge in [0.15, 0.2) is 11.9 Å². The fourth-order valence-corrected chi connectivity index (χ4v) is 0.913. The second-order valence-corrected chi connectivity index (χ2v) is 2.09. The van der Waals surface area contributed by atoms with E-state index in [4.69, 9.17) is 4.84 Å². The summed E-state index contributed by atoms with van der Waals surface area (Å²) in [6, 6.07) is 0. The molecule has 0 aliphatic carbocycles. The highest BCUT2D eigenvalue weighted by atomic mass is 16.6. The first-order valence-corrected chi connectivity index (χ1v) is 3.14. The van der Waals surface area contributed by atoms with Gasteiger partial charge in [-0.3, -0.25) is 0 Å².